The number of esters is 4. The summed E-state index contributed by atoms with van der Waals surface area (Å²) in [5, 5.41) is 12.2. The second kappa shape index (κ2) is 13.7. The standard InChI is InChI=1S/C24H32N2O12/c1-11(25)23(32)26-17-7-6-16(9-27)8-18(17)37-24-22(36-15(5)31)21(35-14(4)30)20(34-13(3)29)19(38-24)10-33-12(2)28/h6-8,11,19-22,24,27H,9-10,25H2,1-5H3,(H,26,32)/t11-,19+,20-,21-,22+,24+/m0/s1. The molecule has 1 amide bonds. The zero-order chi connectivity index (χ0) is 28.6. The van der Waals surface area contributed by atoms with Crippen LogP contribution in [0.25, 0.3) is 0 Å². The number of aliphatic hydroxyl groups is 1. The lowest BCUT2D eigenvalue weighted by atomic mass is 9.98. The molecule has 0 bridgehead atoms. The molecule has 2 rings (SSSR count). The molecule has 6 atom stereocenters. The molecule has 0 radical (unpaired) electrons. The van der Waals surface area contributed by atoms with Crippen molar-refractivity contribution in [2.24, 2.45) is 5.73 Å². The summed E-state index contributed by atoms with van der Waals surface area (Å²) in [5.74, 6) is -3.63. The molecule has 1 fully saturated rings. The van der Waals surface area contributed by atoms with Crippen molar-refractivity contribution >= 4 is 35.5 Å². The van der Waals surface area contributed by atoms with Crippen LogP contribution in [0.1, 0.15) is 40.2 Å². The number of ether oxygens (including phenoxy) is 6. The lowest BCUT2D eigenvalue weighted by Crippen LogP contribution is -2.63. The first-order valence-corrected chi connectivity index (χ1v) is 11.6. The fraction of sp³-hybridized carbons (Fsp3) is 0.542. The third-order valence-electron chi connectivity index (χ3n) is 5.09. The Bertz CT molecular complexity index is 1040. The van der Waals surface area contributed by atoms with Gasteiger partial charge >= 0.3 is 23.9 Å². The van der Waals surface area contributed by atoms with Crippen LogP contribution in [0.2, 0.25) is 0 Å². The highest BCUT2D eigenvalue weighted by atomic mass is 16.7. The highest BCUT2D eigenvalue weighted by Gasteiger charge is 2.53. The molecule has 14 heteroatoms. The van der Waals surface area contributed by atoms with Crippen LogP contribution < -0.4 is 15.8 Å². The fourth-order valence-electron chi connectivity index (χ4n) is 3.52. The van der Waals surface area contributed by atoms with Gasteiger partial charge in [0.05, 0.1) is 18.3 Å². The van der Waals surface area contributed by atoms with Crippen molar-refractivity contribution in [3.63, 3.8) is 0 Å². The number of anilines is 1. The van der Waals surface area contributed by atoms with E-state index in [1.807, 2.05) is 0 Å². The number of rotatable bonds is 10. The Hall–Kier alpha value is -3.75. The molecule has 210 valence electrons. The maximum atomic E-state index is 12.2. The SMILES string of the molecule is CC(=O)OC[C@H]1O[C@@H](Oc2cc(CO)ccc2NC(=O)[C@H](C)N)[C@H](OC(C)=O)[C@@H](OC(C)=O)[C@H]1OC(C)=O. The van der Waals surface area contributed by atoms with Gasteiger partial charge in [-0.15, -0.1) is 0 Å². The summed E-state index contributed by atoms with van der Waals surface area (Å²) in [5.41, 5.74) is 6.17. The van der Waals surface area contributed by atoms with Crippen molar-refractivity contribution in [1.29, 1.82) is 0 Å². The van der Waals surface area contributed by atoms with Gasteiger partial charge in [0.1, 0.15) is 18.5 Å². The van der Waals surface area contributed by atoms with E-state index in [4.69, 9.17) is 34.2 Å². The van der Waals surface area contributed by atoms with Gasteiger partial charge in [-0.25, -0.2) is 0 Å². The predicted octanol–water partition coefficient (Wildman–Crippen LogP) is -0.0735. The van der Waals surface area contributed by atoms with E-state index in [1.54, 1.807) is 0 Å². The summed E-state index contributed by atoms with van der Waals surface area (Å²) in [6, 6.07) is 3.50. The number of amides is 1. The van der Waals surface area contributed by atoms with Gasteiger partial charge in [0, 0.05) is 27.7 Å². The molecule has 0 saturated carbocycles. The molecule has 0 unspecified atom stereocenters. The first kappa shape index (κ1) is 30.5. The van der Waals surface area contributed by atoms with Gasteiger partial charge in [0.2, 0.25) is 18.3 Å². The van der Waals surface area contributed by atoms with E-state index in [1.165, 1.54) is 25.1 Å². The minimum absolute atomic E-state index is 0.0218. The Morgan fingerprint density at radius 1 is 0.947 bits per heavy atom. The number of hydrogen-bond acceptors (Lipinski definition) is 13. The summed E-state index contributed by atoms with van der Waals surface area (Å²) < 4.78 is 33.0. The number of nitrogens with one attached hydrogen (secondary N) is 1. The van der Waals surface area contributed by atoms with Gasteiger partial charge in [-0.3, -0.25) is 24.0 Å². The Morgan fingerprint density at radius 3 is 2.05 bits per heavy atom. The average Bonchev–Trinajstić information content (AvgIpc) is 2.81. The van der Waals surface area contributed by atoms with Crippen molar-refractivity contribution in [2.45, 2.75) is 78.0 Å². The van der Waals surface area contributed by atoms with Crippen LogP contribution in [0.5, 0.6) is 5.75 Å². The molecule has 1 aliphatic rings. The highest BCUT2D eigenvalue weighted by molar-refractivity contribution is 5.95. The Balaban J connectivity index is 2.57. The highest BCUT2D eigenvalue weighted by Crippen LogP contribution is 2.34. The lowest BCUT2D eigenvalue weighted by molar-refractivity contribution is -0.288. The Morgan fingerprint density at radius 2 is 1.53 bits per heavy atom. The van der Waals surface area contributed by atoms with Gasteiger partial charge < -0.3 is 44.6 Å². The monoisotopic (exact) mass is 540 g/mol. The second-order valence-electron chi connectivity index (χ2n) is 8.45. The van der Waals surface area contributed by atoms with Crippen molar-refractivity contribution in [3.8, 4) is 5.75 Å². The summed E-state index contributed by atoms with van der Waals surface area (Å²) in [4.78, 5) is 59.6. The van der Waals surface area contributed by atoms with Gasteiger partial charge in [-0.05, 0) is 24.6 Å². The first-order chi connectivity index (χ1) is 17.8. The fourth-order valence-corrected chi connectivity index (χ4v) is 3.52. The molecule has 1 heterocycles. The lowest BCUT2D eigenvalue weighted by Gasteiger charge is -2.44. The summed E-state index contributed by atoms with van der Waals surface area (Å²) in [6.07, 6.45) is -7.05. The van der Waals surface area contributed by atoms with E-state index in [0.29, 0.717) is 5.56 Å². The van der Waals surface area contributed by atoms with Gasteiger partial charge in [0.25, 0.3) is 0 Å². The molecule has 0 spiro atoms. The van der Waals surface area contributed by atoms with E-state index in [9.17, 15) is 29.1 Å². The largest absolute Gasteiger partial charge is 0.463 e. The molecule has 1 saturated heterocycles. The van der Waals surface area contributed by atoms with E-state index >= 15 is 0 Å². The second-order valence-corrected chi connectivity index (χ2v) is 8.45. The van der Waals surface area contributed by atoms with Crippen molar-refractivity contribution in [3.05, 3.63) is 23.8 Å². The number of carbonyl (C=O) groups excluding carboxylic acids is 5. The van der Waals surface area contributed by atoms with Crippen molar-refractivity contribution in [1.82, 2.24) is 0 Å². The maximum absolute atomic E-state index is 12.2. The van der Waals surface area contributed by atoms with E-state index in [0.717, 1.165) is 27.7 Å². The van der Waals surface area contributed by atoms with E-state index in [-0.39, 0.29) is 18.0 Å². The summed E-state index contributed by atoms with van der Waals surface area (Å²) in [6.45, 7) is 5.08. The van der Waals surface area contributed by atoms with Crippen LogP contribution in [-0.2, 0) is 54.3 Å². The molecule has 4 N–H and O–H groups in total. The van der Waals surface area contributed by atoms with Crippen LogP contribution in [0.15, 0.2) is 18.2 Å². The molecular formula is C24H32N2O12. The summed E-state index contributed by atoms with van der Waals surface area (Å²) >= 11 is 0. The van der Waals surface area contributed by atoms with Crippen LogP contribution >= 0.6 is 0 Å². The zero-order valence-corrected chi connectivity index (χ0v) is 21.6. The predicted molar refractivity (Wildman–Crippen MR) is 127 cm³/mol. The molecule has 1 aromatic rings. The minimum Gasteiger partial charge on any atom is -0.463 e. The number of nitrogens with two attached hydrogens (primary N) is 1. The van der Waals surface area contributed by atoms with Crippen LogP contribution in [0.3, 0.4) is 0 Å². The van der Waals surface area contributed by atoms with Gasteiger partial charge in [0.15, 0.2) is 12.2 Å². The summed E-state index contributed by atoms with van der Waals surface area (Å²) in [7, 11) is 0. The quantitative estimate of drug-likeness (QED) is 0.263. The van der Waals surface area contributed by atoms with Gasteiger partial charge in [-0.1, -0.05) is 6.07 Å². The molecule has 14 nitrogen and oxygen atoms in total. The normalized spacial score (nSPS) is 23.4. The van der Waals surface area contributed by atoms with Crippen LogP contribution in [0.4, 0.5) is 5.69 Å². The molecule has 0 aromatic heterocycles. The molecule has 0 aliphatic carbocycles. The molecule has 38 heavy (non-hydrogen) atoms. The zero-order valence-electron chi connectivity index (χ0n) is 21.6. The van der Waals surface area contributed by atoms with Crippen molar-refractivity contribution < 1.29 is 57.5 Å². The third kappa shape index (κ3) is 8.68. The van der Waals surface area contributed by atoms with E-state index < -0.39 is 73.1 Å². The molecular weight excluding hydrogens is 508 g/mol. The first-order valence-electron chi connectivity index (χ1n) is 11.6. The number of carbonyl (C=O) groups is 5. The Labute approximate surface area is 218 Å². The topological polar surface area (TPSA) is 199 Å². The smallest absolute Gasteiger partial charge is 0.303 e. The average molecular weight is 541 g/mol. The van der Waals surface area contributed by atoms with Gasteiger partial charge in [-0.2, -0.15) is 0 Å². The molecule has 1 aliphatic heterocycles. The van der Waals surface area contributed by atoms with Crippen LogP contribution in [-0.4, -0.2) is 78.2 Å². The Kier molecular flexibility index (Phi) is 11.0. The number of aliphatic hydroxyl groups excluding tert-OH is 1. The molecule has 1 aromatic carbocycles. The maximum Gasteiger partial charge on any atom is 0.303 e. The van der Waals surface area contributed by atoms with E-state index in [2.05, 4.69) is 5.32 Å². The van der Waals surface area contributed by atoms with Crippen LogP contribution in [0, 0.1) is 0 Å². The third-order valence-corrected chi connectivity index (χ3v) is 5.09. The number of hydrogen-bond donors (Lipinski definition) is 3. The van der Waals surface area contributed by atoms with Crippen molar-refractivity contribution in [2.75, 3.05) is 11.9 Å². The minimum atomic E-state index is -1.53. The number of benzene rings is 1.